The summed E-state index contributed by atoms with van der Waals surface area (Å²) in [5.41, 5.74) is 3.15. The van der Waals surface area contributed by atoms with E-state index < -0.39 is 6.03 Å². The molecular weight excluding hydrogens is 432 g/mol. The third kappa shape index (κ3) is 4.28. The summed E-state index contributed by atoms with van der Waals surface area (Å²) in [4.78, 5) is 17.4. The summed E-state index contributed by atoms with van der Waals surface area (Å²) in [7, 11) is 0. The number of hydrazine groups is 1. The van der Waals surface area contributed by atoms with Crippen LogP contribution in [-0.4, -0.2) is 27.2 Å². The zero-order chi connectivity index (χ0) is 23.9. The van der Waals surface area contributed by atoms with E-state index in [-0.39, 0.29) is 11.5 Å². The number of aromatic nitrogens is 3. The Hall–Kier alpha value is -3.66. The van der Waals surface area contributed by atoms with Crippen LogP contribution in [0.3, 0.4) is 0 Å². The Labute approximate surface area is 198 Å². The Morgan fingerprint density at radius 2 is 1.91 bits per heavy atom. The minimum atomic E-state index is -0.402. The van der Waals surface area contributed by atoms with Gasteiger partial charge in [-0.05, 0) is 43.0 Å². The number of carbonyl (C=O) groups is 1. The summed E-state index contributed by atoms with van der Waals surface area (Å²) in [6, 6.07) is 8.80. The first-order chi connectivity index (χ1) is 16.3. The highest BCUT2D eigenvalue weighted by atomic mass is 16.5. The number of aromatic amines is 1. The molecule has 0 bridgehead atoms. The Balaban J connectivity index is 1.29. The average Bonchev–Trinajstić information content (AvgIpc) is 3.56. The van der Waals surface area contributed by atoms with E-state index in [4.69, 9.17) is 15.4 Å². The molecule has 2 aromatic heterocycles. The number of hydrogen-bond acceptors (Lipinski definition) is 7. The second-order valence-corrected chi connectivity index (χ2v) is 9.96. The molecule has 5 N–H and O–H groups in total. The zero-order valence-corrected chi connectivity index (χ0v) is 19.6. The van der Waals surface area contributed by atoms with Gasteiger partial charge >= 0.3 is 6.03 Å². The molecule has 5 rings (SSSR count). The quantitative estimate of drug-likeness (QED) is 0.414. The van der Waals surface area contributed by atoms with Crippen LogP contribution in [0.1, 0.15) is 69.5 Å². The molecule has 0 spiro atoms. The van der Waals surface area contributed by atoms with E-state index in [1.165, 1.54) is 12.8 Å². The molecule has 2 amide bonds. The minimum Gasteiger partial charge on any atom is -0.359 e. The number of hydrogen-bond donors (Lipinski definition) is 4. The van der Waals surface area contributed by atoms with Gasteiger partial charge in [-0.15, -0.1) is 0 Å². The van der Waals surface area contributed by atoms with Crippen molar-refractivity contribution in [1.82, 2.24) is 15.4 Å². The molecule has 1 saturated carbocycles. The summed E-state index contributed by atoms with van der Waals surface area (Å²) in [5.74, 6) is 8.66. The van der Waals surface area contributed by atoms with Gasteiger partial charge in [0.05, 0.1) is 17.9 Å². The number of urea groups is 1. The normalized spacial score (nSPS) is 18.5. The highest BCUT2D eigenvalue weighted by Gasteiger charge is 2.35. The van der Waals surface area contributed by atoms with Crippen molar-refractivity contribution >= 4 is 29.1 Å². The van der Waals surface area contributed by atoms with Crippen LogP contribution in [0, 0.1) is 5.92 Å². The van der Waals surface area contributed by atoms with Crippen LogP contribution in [0.4, 0.5) is 22.0 Å². The van der Waals surface area contributed by atoms with E-state index in [1.54, 1.807) is 17.3 Å². The number of nitrogens with zero attached hydrogens (tertiary/aromatic N) is 4. The number of aliphatic imine (C=N–C) groups is 1. The number of nitrogens with one attached hydrogen (secondary N) is 3. The lowest BCUT2D eigenvalue weighted by Crippen LogP contribution is -2.42. The second-order valence-electron chi connectivity index (χ2n) is 9.96. The monoisotopic (exact) mass is 462 g/mol. The predicted molar refractivity (Wildman–Crippen MR) is 131 cm³/mol. The average molecular weight is 463 g/mol. The molecule has 2 aliphatic rings. The number of amidine groups is 1. The van der Waals surface area contributed by atoms with Crippen molar-refractivity contribution in [3.05, 3.63) is 53.5 Å². The van der Waals surface area contributed by atoms with Crippen molar-refractivity contribution in [2.45, 2.75) is 57.9 Å². The molecule has 178 valence electrons. The number of anilines is 3. The standard InChI is InChI=1S/C24H30N8O2/c1-24(2,3)18-12-19(31-34-18)28-23(33)27-16-10-8-15(9-11-16)22-29-20(14-6-4-5-7-14)21-17(32(22)25)13-26-30-21/h8-14,20H,4-7,25H2,1-3H3,(H,26,30)(H2,27,28,31,33). The Morgan fingerprint density at radius 3 is 2.59 bits per heavy atom. The van der Waals surface area contributed by atoms with E-state index in [1.807, 2.05) is 45.0 Å². The van der Waals surface area contributed by atoms with E-state index in [2.05, 4.69) is 26.0 Å². The van der Waals surface area contributed by atoms with Crippen molar-refractivity contribution in [3.8, 4) is 0 Å². The first-order valence-corrected chi connectivity index (χ1v) is 11.6. The van der Waals surface area contributed by atoms with Gasteiger partial charge in [-0.3, -0.25) is 20.4 Å². The summed E-state index contributed by atoms with van der Waals surface area (Å²) in [6.45, 7) is 6.05. The van der Waals surface area contributed by atoms with Gasteiger partial charge < -0.3 is 9.84 Å². The number of H-pyrrole nitrogens is 1. The van der Waals surface area contributed by atoms with E-state index >= 15 is 0 Å². The third-order valence-electron chi connectivity index (χ3n) is 6.43. The number of nitrogens with two attached hydrogens (primary N) is 1. The molecular formula is C24H30N8O2. The molecule has 1 fully saturated rings. The SMILES string of the molecule is CC(C)(C)c1cc(NC(=O)Nc2ccc(C3=NC(C4CCCC4)c4[nH]ncc4N3N)cc2)no1. The highest BCUT2D eigenvalue weighted by Crippen LogP contribution is 2.43. The molecule has 1 atom stereocenters. The van der Waals surface area contributed by atoms with Gasteiger partial charge in [-0.1, -0.05) is 38.8 Å². The van der Waals surface area contributed by atoms with Gasteiger partial charge in [0, 0.05) is 22.7 Å². The molecule has 3 heterocycles. The lowest BCUT2D eigenvalue weighted by atomic mass is 9.93. The second kappa shape index (κ2) is 8.60. The number of carbonyl (C=O) groups excluding carboxylic acids is 1. The van der Waals surface area contributed by atoms with Crippen molar-refractivity contribution in [3.63, 3.8) is 0 Å². The smallest absolute Gasteiger partial charge is 0.324 e. The number of rotatable bonds is 4. The Bertz CT molecular complexity index is 1200. The van der Waals surface area contributed by atoms with Crippen molar-refractivity contribution in [1.29, 1.82) is 0 Å². The molecule has 3 aromatic rings. The van der Waals surface area contributed by atoms with Gasteiger partial charge in [0.2, 0.25) is 0 Å². The fourth-order valence-electron chi connectivity index (χ4n) is 4.57. The summed E-state index contributed by atoms with van der Waals surface area (Å²) in [6.07, 6.45) is 6.53. The topological polar surface area (TPSA) is 137 Å². The molecule has 1 aliphatic carbocycles. The third-order valence-corrected chi connectivity index (χ3v) is 6.43. The molecule has 1 aliphatic heterocycles. The molecule has 0 radical (unpaired) electrons. The number of amides is 2. The van der Waals surface area contributed by atoms with Gasteiger partial charge in [-0.25, -0.2) is 10.6 Å². The molecule has 34 heavy (non-hydrogen) atoms. The predicted octanol–water partition coefficient (Wildman–Crippen LogP) is 4.71. The maximum absolute atomic E-state index is 12.4. The van der Waals surface area contributed by atoms with Gasteiger partial charge in [-0.2, -0.15) is 5.10 Å². The first-order valence-electron chi connectivity index (χ1n) is 11.6. The fourth-order valence-corrected chi connectivity index (χ4v) is 4.57. The van der Waals surface area contributed by atoms with Crippen molar-refractivity contribution < 1.29 is 9.32 Å². The number of benzene rings is 1. The molecule has 0 saturated heterocycles. The minimum absolute atomic E-state index is 0.0267. The maximum Gasteiger partial charge on any atom is 0.324 e. The summed E-state index contributed by atoms with van der Waals surface area (Å²) >= 11 is 0. The molecule has 1 aromatic carbocycles. The Morgan fingerprint density at radius 1 is 1.18 bits per heavy atom. The van der Waals surface area contributed by atoms with Crippen molar-refractivity contribution in [2.24, 2.45) is 16.8 Å². The van der Waals surface area contributed by atoms with Crippen LogP contribution in [0.15, 0.2) is 46.0 Å². The zero-order valence-electron chi connectivity index (χ0n) is 19.6. The molecule has 10 nitrogen and oxygen atoms in total. The van der Waals surface area contributed by atoms with E-state index in [9.17, 15) is 4.79 Å². The lowest BCUT2D eigenvalue weighted by molar-refractivity contribution is 0.262. The van der Waals surface area contributed by atoms with E-state index in [0.717, 1.165) is 29.8 Å². The van der Waals surface area contributed by atoms with Crippen LogP contribution in [0.25, 0.3) is 0 Å². The first kappa shape index (κ1) is 22.1. The molecule has 1 unspecified atom stereocenters. The largest absolute Gasteiger partial charge is 0.359 e. The van der Waals surface area contributed by atoms with Crippen LogP contribution in [0.5, 0.6) is 0 Å². The summed E-state index contributed by atoms with van der Waals surface area (Å²) < 4.78 is 5.31. The highest BCUT2D eigenvalue weighted by molar-refractivity contribution is 6.11. The lowest BCUT2D eigenvalue weighted by Gasteiger charge is -2.31. The van der Waals surface area contributed by atoms with Crippen LogP contribution in [0.2, 0.25) is 0 Å². The van der Waals surface area contributed by atoms with E-state index in [0.29, 0.717) is 29.0 Å². The fraction of sp³-hybridized carbons (Fsp3) is 0.417. The van der Waals surface area contributed by atoms with Crippen LogP contribution in [-0.2, 0) is 5.41 Å². The van der Waals surface area contributed by atoms with Gasteiger partial charge in [0.25, 0.3) is 0 Å². The van der Waals surface area contributed by atoms with Gasteiger partial charge in [0.15, 0.2) is 11.7 Å². The van der Waals surface area contributed by atoms with Crippen molar-refractivity contribution in [2.75, 3.05) is 15.6 Å². The van der Waals surface area contributed by atoms with Gasteiger partial charge in [0.1, 0.15) is 11.4 Å². The maximum atomic E-state index is 12.4. The van der Waals surface area contributed by atoms with Crippen LogP contribution >= 0.6 is 0 Å². The van der Waals surface area contributed by atoms with Crippen LogP contribution < -0.4 is 21.5 Å². The molecule has 10 heteroatoms. The number of fused-ring (bicyclic) bond motifs is 1. The summed E-state index contributed by atoms with van der Waals surface area (Å²) in [5, 5.41) is 18.3. The Kier molecular flexibility index (Phi) is 5.60.